The van der Waals surface area contributed by atoms with Gasteiger partial charge in [-0.2, -0.15) is 0 Å². The van der Waals surface area contributed by atoms with Crippen LogP contribution < -0.4 is 11.1 Å². The zero-order valence-electron chi connectivity index (χ0n) is 15.2. The predicted octanol–water partition coefficient (Wildman–Crippen LogP) is 4.90. The minimum atomic E-state index is -0.483. The summed E-state index contributed by atoms with van der Waals surface area (Å²) in [5.74, 6) is -0.201. The van der Waals surface area contributed by atoms with Crippen LogP contribution in [-0.4, -0.2) is 11.8 Å². The highest BCUT2D eigenvalue weighted by Crippen LogP contribution is 2.44. The lowest BCUT2D eigenvalue weighted by Crippen LogP contribution is -2.27. The van der Waals surface area contributed by atoms with Gasteiger partial charge in [0.25, 0.3) is 11.8 Å². The Kier molecular flexibility index (Phi) is 5.13. The molecule has 0 spiro atoms. The monoisotopic (exact) mass is 390 g/mol. The Morgan fingerprint density at radius 2 is 1.88 bits per heavy atom. The number of hydrogen-bond donors (Lipinski definition) is 2. The van der Waals surface area contributed by atoms with Gasteiger partial charge < -0.3 is 11.1 Å². The minimum absolute atomic E-state index is 0.210. The highest BCUT2D eigenvalue weighted by Gasteiger charge is 2.33. The molecule has 138 valence electrons. The van der Waals surface area contributed by atoms with Gasteiger partial charge in [0.15, 0.2) is 0 Å². The molecule has 1 aliphatic carbocycles. The number of hydrogen-bond acceptors (Lipinski definition) is 3. The molecule has 1 atom stereocenters. The van der Waals surface area contributed by atoms with E-state index in [1.165, 1.54) is 11.3 Å². The second-order valence-corrected chi connectivity index (χ2v) is 9.38. The van der Waals surface area contributed by atoms with Gasteiger partial charge in [0.1, 0.15) is 5.00 Å². The van der Waals surface area contributed by atoms with Crippen LogP contribution in [0.2, 0.25) is 5.02 Å². The Morgan fingerprint density at radius 1 is 1.23 bits per heavy atom. The van der Waals surface area contributed by atoms with Crippen molar-refractivity contribution in [2.45, 2.75) is 40.0 Å². The molecular formula is C20H23ClN2O2S. The van der Waals surface area contributed by atoms with Crippen molar-refractivity contribution in [3.05, 3.63) is 50.9 Å². The summed E-state index contributed by atoms with van der Waals surface area (Å²) in [6, 6.07) is 6.65. The zero-order valence-corrected chi connectivity index (χ0v) is 16.8. The predicted molar refractivity (Wildman–Crippen MR) is 107 cm³/mol. The van der Waals surface area contributed by atoms with Gasteiger partial charge in [-0.1, -0.05) is 32.4 Å². The first-order chi connectivity index (χ1) is 12.2. The van der Waals surface area contributed by atoms with Crippen molar-refractivity contribution >= 4 is 39.8 Å². The van der Waals surface area contributed by atoms with E-state index in [1.54, 1.807) is 24.3 Å². The van der Waals surface area contributed by atoms with Crippen molar-refractivity contribution in [2.75, 3.05) is 5.32 Å². The average Bonchev–Trinajstić information content (AvgIpc) is 2.91. The van der Waals surface area contributed by atoms with Gasteiger partial charge in [0, 0.05) is 15.5 Å². The summed E-state index contributed by atoms with van der Waals surface area (Å²) in [4.78, 5) is 25.8. The number of primary amides is 1. The molecule has 0 radical (unpaired) electrons. The molecule has 1 aliphatic rings. The Morgan fingerprint density at radius 3 is 2.46 bits per heavy atom. The Labute approximate surface area is 162 Å². The van der Waals surface area contributed by atoms with Crippen LogP contribution in [0.3, 0.4) is 0 Å². The maximum atomic E-state index is 12.5. The van der Waals surface area contributed by atoms with Crippen LogP contribution in [-0.2, 0) is 12.8 Å². The summed E-state index contributed by atoms with van der Waals surface area (Å²) >= 11 is 7.35. The summed E-state index contributed by atoms with van der Waals surface area (Å²) in [5.41, 5.74) is 7.82. The van der Waals surface area contributed by atoms with E-state index in [9.17, 15) is 9.59 Å². The van der Waals surface area contributed by atoms with Gasteiger partial charge in [-0.25, -0.2) is 0 Å². The topological polar surface area (TPSA) is 72.2 Å². The molecule has 4 nitrogen and oxygen atoms in total. The van der Waals surface area contributed by atoms with E-state index in [-0.39, 0.29) is 11.3 Å². The molecule has 3 rings (SSSR count). The van der Waals surface area contributed by atoms with Crippen LogP contribution in [0.4, 0.5) is 5.00 Å². The lowest BCUT2D eigenvalue weighted by Gasteiger charge is -2.33. The molecule has 0 unspecified atom stereocenters. The Balaban J connectivity index is 1.91. The fourth-order valence-corrected chi connectivity index (χ4v) is 4.90. The summed E-state index contributed by atoms with van der Waals surface area (Å²) in [5, 5.41) is 4.00. The summed E-state index contributed by atoms with van der Waals surface area (Å²) in [6.45, 7) is 6.73. The smallest absolute Gasteiger partial charge is 0.256 e. The van der Waals surface area contributed by atoms with Gasteiger partial charge in [-0.15, -0.1) is 11.3 Å². The van der Waals surface area contributed by atoms with Crippen molar-refractivity contribution in [1.29, 1.82) is 0 Å². The van der Waals surface area contributed by atoms with E-state index in [0.29, 0.717) is 27.1 Å². The molecule has 1 aromatic carbocycles. The minimum Gasteiger partial charge on any atom is -0.365 e. The maximum absolute atomic E-state index is 12.5. The zero-order chi connectivity index (χ0) is 19.1. The van der Waals surface area contributed by atoms with Crippen LogP contribution in [0.15, 0.2) is 24.3 Å². The first-order valence-electron chi connectivity index (χ1n) is 8.68. The fourth-order valence-electron chi connectivity index (χ4n) is 3.45. The standard InChI is InChI=1S/C20H23ClN2O2S/c1-20(2,3)12-6-9-14-15(10-12)26-19(16(14)17(22)24)23-18(25)11-4-7-13(21)8-5-11/h4-5,7-8,12H,6,9-10H2,1-3H3,(H2,22,24)(H,23,25)/t12-/m1/s1. The van der Waals surface area contributed by atoms with E-state index in [4.69, 9.17) is 17.3 Å². The number of thiophene rings is 1. The molecule has 1 aromatic heterocycles. The number of carbonyl (C=O) groups is 2. The number of anilines is 1. The van der Waals surface area contributed by atoms with Crippen molar-refractivity contribution < 1.29 is 9.59 Å². The molecule has 0 saturated heterocycles. The van der Waals surface area contributed by atoms with Crippen LogP contribution >= 0.6 is 22.9 Å². The molecule has 1 heterocycles. The third-order valence-electron chi connectivity index (χ3n) is 5.07. The third-order valence-corrected chi connectivity index (χ3v) is 6.49. The number of benzene rings is 1. The lowest BCUT2D eigenvalue weighted by molar-refractivity contribution is 0.1000. The van der Waals surface area contributed by atoms with Crippen molar-refractivity contribution in [2.24, 2.45) is 17.1 Å². The molecule has 0 bridgehead atoms. The summed E-state index contributed by atoms with van der Waals surface area (Å²) < 4.78 is 0. The van der Waals surface area contributed by atoms with E-state index in [1.807, 2.05) is 0 Å². The first-order valence-corrected chi connectivity index (χ1v) is 9.87. The van der Waals surface area contributed by atoms with Gasteiger partial charge in [0.05, 0.1) is 5.56 Å². The fraction of sp³-hybridized carbons (Fsp3) is 0.400. The molecule has 3 N–H and O–H groups in total. The number of nitrogens with two attached hydrogens (primary N) is 1. The number of halogens is 1. The lowest BCUT2D eigenvalue weighted by atomic mass is 9.72. The summed E-state index contributed by atoms with van der Waals surface area (Å²) in [7, 11) is 0. The molecule has 6 heteroatoms. The molecular weight excluding hydrogens is 368 g/mol. The van der Waals surface area contributed by atoms with Gasteiger partial charge in [0.2, 0.25) is 0 Å². The van der Waals surface area contributed by atoms with E-state index in [0.717, 1.165) is 29.7 Å². The van der Waals surface area contributed by atoms with Crippen LogP contribution in [0.1, 0.15) is 58.3 Å². The molecule has 26 heavy (non-hydrogen) atoms. The van der Waals surface area contributed by atoms with Crippen molar-refractivity contribution in [3.63, 3.8) is 0 Å². The largest absolute Gasteiger partial charge is 0.365 e. The highest BCUT2D eigenvalue weighted by atomic mass is 35.5. The maximum Gasteiger partial charge on any atom is 0.256 e. The second kappa shape index (κ2) is 7.05. The second-order valence-electron chi connectivity index (χ2n) is 7.84. The highest BCUT2D eigenvalue weighted by molar-refractivity contribution is 7.17. The van der Waals surface area contributed by atoms with Crippen LogP contribution in [0.25, 0.3) is 0 Å². The van der Waals surface area contributed by atoms with Gasteiger partial charge in [-0.3, -0.25) is 9.59 Å². The number of rotatable bonds is 3. The van der Waals surface area contributed by atoms with Gasteiger partial charge >= 0.3 is 0 Å². The summed E-state index contributed by atoms with van der Waals surface area (Å²) in [6.07, 6.45) is 2.77. The van der Waals surface area contributed by atoms with Crippen molar-refractivity contribution in [3.8, 4) is 0 Å². The number of fused-ring (bicyclic) bond motifs is 1. The average molecular weight is 391 g/mol. The number of amides is 2. The number of nitrogens with one attached hydrogen (secondary N) is 1. The third kappa shape index (κ3) is 3.79. The Hall–Kier alpha value is -1.85. The normalized spacial score (nSPS) is 16.8. The Bertz CT molecular complexity index is 850. The molecule has 0 aliphatic heterocycles. The molecule has 2 aromatic rings. The van der Waals surface area contributed by atoms with Gasteiger partial charge in [-0.05, 0) is 60.4 Å². The quantitative estimate of drug-likeness (QED) is 0.781. The SMILES string of the molecule is CC(C)(C)[C@@H]1CCc2c(sc(NC(=O)c3ccc(Cl)cc3)c2C(N)=O)C1. The first kappa shape index (κ1) is 18.9. The molecule has 2 amide bonds. The van der Waals surface area contributed by atoms with Crippen molar-refractivity contribution in [1.82, 2.24) is 0 Å². The van der Waals surface area contributed by atoms with Crippen LogP contribution in [0.5, 0.6) is 0 Å². The number of carbonyl (C=O) groups excluding carboxylic acids is 2. The van der Waals surface area contributed by atoms with E-state index >= 15 is 0 Å². The van der Waals surface area contributed by atoms with E-state index < -0.39 is 5.91 Å². The molecule has 0 fully saturated rings. The van der Waals surface area contributed by atoms with E-state index in [2.05, 4.69) is 26.1 Å². The van der Waals surface area contributed by atoms with Crippen LogP contribution in [0, 0.1) is 11.3 Å². The molecule has 0 saturated carbocycles.